The standard InChI is InChI=1S/C16H17ClN2OS/c1-16(7-4-8-21-16)10-19-15(20)13-9-18-14(17)12-6-3-2-5-11(12)13/h2-3,5-6,9H,4,7-8,10H2,1H3,(H,19,20). The maximum atomic E-state index is 12.5. The van der Waals surface area contributed by atoms with Crippen LogP contribution in [0.4, 0.5) is 0 Å². The highest BCUT2D eigenvalue weighted by Crippen LogP contribution is 2.37. The lowest BCUT2D eigenvalue weighted by Gasteiger charge is -2.23. The van der Waals surface area contributed by atoms with Crippen LogP contribution < -0.4 is 5.32 Å². The van der Waals surface area contributed by atoms with E-state index in [9.17, 15) is 4.79 Å². The lowest BCUT2D eigenvalue weighted by molar-refractivity contribution is 0.0951. The molecule has 1 fully saturated rings. The fourth-order valence-corrected chi connectivity index (χ4v) is 4.14. The minimum atomic E-state index is -0.0795. The molecule has 1 saturated heterocycles. The van der Waals surface area contributed by atoms with Crippen LogP contribution >= 0.6 is 23.4 Å². The molecule has 0 aliphatic carbocycles. The first-order valence-corrected chi connectivity index (χ1v) is 8.41. The molecule has 1 N–H and O–H groups in total. The van der Waals surface area contributed by atoms with Crippen molar-refractivity contribution in [1.82, 2.24) is 10.3 Å². The van der Waals surface area contributed by atoms with Crippen LogP contribution in [0.3, 0.4) is 0 Å². The quantitative estimate of drug-likeness (QED) is 0.872. The number of rotatable bonds is 3. The minimum absolute atomic E-state index is 0.0795. The van der Waals surface area contributed by atoms with Crippen molar-refractivity contribution in [2.45, 2.75) is 24.5 Å². The molecule has 1 amide bonds. The summed E-state index contributed by atoms with van der Waals surface area (Å²) < 4.78 is 0.158. The normalized spacial score (nSPS) is 21.6. The van der Waals surface area contributed by atoms with E-state index >= 15 is 0 Å². The van der Waals surface area contributed by atoms with Gasteiger partial charge in [-0.15, -0.1) is 0 Å². The zero-order valence-electron chi connectivity index (χ0n) is 11.9. The topological polar surface area (TPSA) is 42.0 Å². The summed E-state index contributed by atoms with van der Waals surface area (Å²) in [5.74, 6) is 1.10. The number of carbonyl (C=O) groups is 1. The summed E-state index contributed by atoms with van der Waals surface area (Å²) in [6.45, 7) is 2.90. The van der Waals surface area contributed by atoms with Crippen LogP contribution in [0.5, 0.6) is 0 Å². The Morgan fingerprint density at radius 2 is 2.19 bits per heavy atom. The number of nitrogens with one attached hydrogen (secondary N) is 1. The van der Waals surface area contributed by atoms with E-state index in [1.54, 1.807) is 6.20 Å². The van der Waals surface area contributed by atoms with E-state index in [1.165, 1.54) is 12.2 Å². The summed E-state index contributed by atoms with van der Waals surface area (Å²) in [6.07, 6.45) is 3.93. The van der Waals surface area contributed by atoms with Crippen molar-refractivity contribution in [3.05, 3.63) is 41.2 Å². The van der Waals surface area contributed by atoms with Crippen LogP contribution in [0.1, 0.15) is 30.1 Å². The summed E-state index contributed by atoms with van der Waals surface area (Å²) in [6, 6.07) is 7.59. The average Bonchev–Trinajstić information content (AvgIpc) is 2.93. The van der Waals surface area contributed by atoms with Crippen molar-refractivity contribution >= 4 is 40.0 Å². The van der Waals surface area contributed by atoms with Gasteiger partial charge in [-0.05, 0) is 30.9 Å². The van der Waals surface area contributed by atoms with Crippen molar-refractivity contribution in [1.29, 1.82) is 0 Å². The maximum absolute atomic E-state index is 12.5. The molecule has 0 saturated carbocycles. The third-order valence-electron chi connectivity index (χ3n) is 3.91. The van der Waals surface area contributed by atoms with Crippen LogP contribution in [0.2, 0.25) is 5.15 Å². The molecule has 3 rings (SSSR count). The molecule has 1 atom stereocenters. The maximum Gasteiger partial charge on any atom is 0.253 e. The van der Waals surface area contributed by atoms with Gasteiger partial charge < -0.3 is 5.32 Å². The second-order valence-corrected chi connectivity index (χ2v) is 7.63. The van der Waals surface area contributed by atoms with Gasteiger partial charge >= 0.3 is 0 Å². The molecule has 1 aromatic carbocycles. The third kappa shape index (κ3) is 3.01. The second-order valence-electron chi connectivity index (χ2n) is 5.59. The Balaban J connectivity index is 1.83. The molecule has 0 spiro atoms. The van der Waals surface area contributed by atoms with Gasteiger partial charge in [0, 0.05) is 22.9 Å². The summed E-state index contributed by atoms with van der Waals surface area (Å²) in [5.41, 5.74) is 0.585. The molecule has 0 bridgehead atoms. The van der Waals surface area contributed by atoms with E-state index in [0.29, 0.717) is 17.3 Å². The summed E-state index contributed by atoms with van der Waals surface area (Å²) in [7, 11) is 0. The van der Waals surface area contributed by atoms with Gasteiger partial charge in [-0.3, -0.25) is 4.79 Å². The number of aromatic nitrogens is 1. The Morgan fingerprint density at radius 1 is 1.43 bits per heavy atom. The molecular weight excluding hydrogens is 304 g/mol. The number of benzene rings is 1. The molecular formula is C16H17ClN2OS. The van der Waals surface area contributed by atoms with E-state index in [0.717, 1.165) is 17.2 Å². The molecule has 3 nitrogen and oxygen atoms in total. The van der Waals surface area contributed by atoms with Crippen molar-refractivity contribution in [3.63, 3.8) is 0 Å². The van der Waals surface area contributed by atoms with Crippen LogP contribution in [-0.2, 0) is 0 Å². The highest BCUT2D eigenvalue weighted by atomic mass is 35.5. The van der Waals surface area contributed by atoms with Gasteiger partial charge in [0.25, 0.3) is 5.91 Å². The van der Waals surface area contributed by atoms with Crippen LogP contribution in [0.25, 0.3) is 10.8 Å². The van der Waals surface area contributed by atoms with E-state index in [4.69, 9.17) is 11.6 Å². The zero-order valence-corrected chi connectivity index (χ0v) is 13.4. The molecule has 0 radical (unpaired) electrons. The minimum Gasteiger partial charge on any atom is -0.351 e. The smallest absolute Gasteiger partial charge is 0.253 e. The number of thioether (sulfide) groups is 1. The molecule has 1 aliphatic rings. The molecule has 1 aliphatic heterocycles. The summed E-state index contributed by atoms with van der Waals surface area (Å²) in [4.78, 5) is 16.6. The molecule has 2 aromatic rings. The molecule has 5 heteroatoms. The van der Waals surface area contributed by atoms with Gasteiger partial charge in [-0.1, -0.05) is 35.9 Å². The molecule has 110 valence electrons. The van der Waals surface area contributed by atoms with Crippen molar-refractivity contribution in [2.24, 2.45) is 0 Å². The Kier molecular flexibility index (Phi) is 4.09. The Morgan fingerprint density at radius 3 is 2.90 bits per heavy atom. The number of hydrogen-bond acceptors (Lipinski definition) is 3. The van der Waals surface area contributed by atoms with Gasteiger partial charge in [0.15, 0.2) is 0 Å². The number of hydrogen-bond donors (Lipinski definition) is 1. The number of amides is 1. The van der Waals surface area contributed by atoms with E-state index in [-0.39, 0.29) is 10.7 Å². The van der Waals surface area contributed by atoms with E-state index in [1.807, 2.05) is 36.0 Å². The number of pyridine rings is 1. The van der Waals surface area contributed by atoms with Crippen LogP contribution in [0.15, 0.2) is 30.5 Å². The SMILES string of the molecule is CC1(CNC(=O)c2cnc(Cl)c3ccccc23)CCCS1. The number of carbonyl (C=O) groups excluding carboxylic acids is 1. The lowest BCUT2D eigenvalue weighted by Crippen LogP contribution is -2.36. The average molecular weight is 321 g/mol. The highest BCUT2D eigenvalue weighted by molar-refractivity contribution is 8.00. The molecule has 21 heavy (non-hydrogen) atoms. The second kappa shape index (κ2) is 5.85. The van der Waals surface area contributed by atoms with E-state index in [2.05, 4.69) is 17.2 Å². The number of halogens is 1. The van der Waals surface area contributed by atoms with Gasteiger partial charge in [0.2, 0.25) is 0 Å². The fourth-order valence-electron chi connectivity index (χ4n) is 2.68. The van der Waals surface area contributed by atoms with Crippen molar-refractivity contribution in [2.75, 3.05) is 12.3 Å². The number of fused-ring (bicyclic) bond motifs is 1. The Hall–Kier alpha value is -1.26. The largest absolute Gasteiger partial charge is 0.351 e. The first-order valence-electron chi connectivity index (χ1n) is 7.04. The third-order valence-corrected chi connectivity index (χ3v) is 5.75. The predicted molar refractivity (Wildman–Crippen MR) is 89.2 cm³/mol. The molecule has 1 aromatic heterocycles. The molecule has 1 unspecified atom stereocenters. The highest BCUT2D eigenvalue weighted by Gasteiger charge is 2.30. The fraction of sp³-hybridized carbons (Fsp3) is 0.375. The monoisotopic (exact) mass is 320 g/mol. The van der Waals surface area contributed by atoms with Crippen molar-refractivity contribution < 1.29 is 4.79 Å². The zero-order chi connectivity index (χ0) is 14.9. The van der Waals surface area contributed by atoms with Gasteiger partial charge in [0.1, 0.15) is 5.15 Å². The molecule has 2 heterocycles. The van der Waals surface area contributed by atoms with Crippen molar-refractivity contribution in [3.8, 4) is 0 Å². The van der Waals surface area contributed by atoms with Crippen LogP contribution in [-0.4, -0.2) is 27.9 Å². The predicted octanol–water partition coefficient (Wildman–Crippen LogP) is 3.90. The van der Waals surface area contributed by atoms with Crippen LogP contribution in [0, 0.1) is 0 Å². The number of nitrogens with zero attached hydrogens (tertiary/aromatic N) is 1. The van der Waals surface area contributed by atoms with E-state index < -0.39 is 0 Å². The Bertz CT molecular complexity index is 683. The first-order chi connectivity index (χ1) is 10.1. The van der Waals surface area contributed by atoms with Gasteiger partial charge in [-0.2, -0.15) is 11.8 Å². The Labute approximate surface area is 133 Å². The summed E-state index contributed by atoms with van der Waals surface area (Å²) >= 11 is 8.03. The lowest BCUT2D eigenvalue weighted by atomic mass is 10.0. The summed E-state index contributed by atoms with van der Waals surface area (Å²) in [5, 5.41) is 5.14. The van der Waals surface area contributed by atoms with Gasteiger partial charge in [-0.25, -0.2) is 4.98 Å². The first kappa shape index (κ1) is 14.7. The van der Waals surface area contributed by atoms with Gasteiger partial charge in [0.05, 0.1) is 5.56 Å².